The highest BCUT2D eigenvalue weighted by Crippen LogP contribution is 2.23. The fraction of sp³-hybridized carbons (Fsp3) is 0.167. The van der Waals surface area contributed by atoms with Crippen molar-refractivity contribution in [3.63, 3.8) is 0 Å². The van der Waals surface area contributed by atoms with Crippen molar-refractivity contribution in [3.8, 4) is 6.07 Å². The van der Waals surface area contributed by atoms with Crippen LogP contribution in [0.5, 0.6) is 0 Å². The number of nitriles is 1. The van der Waals surface area contributed by atoms with Gasteiger partial charge >= 0.3 is 5.97 Å². The van der Waals surface area contributed by atoms with Crippen LogP contribution >= 0.6 is 0 Å². The molecule has 3 aromatic rings. The van der Waals surface area contributed by atoms with Gasteiger partial charge in [-0.05, 0) is 31.2 Å². The van der Waals surface area contributed by atoms with E-state index in [2.05, 4.69) is 11.4 Å². The van der Waals surface area contributed by atoms with Crippen LogP contribution in [0, 0.1) is 11.3 Å². The number of aryl methyl sites for hydroxylation is 1. The molecule has 0 fully saturated rings. The third kappa shape index (κ3) is 5.67. The fourth-order valence-corrected chi connectivity index (χ4v) is 3.12. The van der Waals surface area contributed by atoms with Gasteiger partial charge in [-0.1, -0.05) is 30.3 Å². The monoisotopic (exact) mass is 415 g/mol. The molecule has 0 aliphatic heterocycles. The molecule has 1 aromatic heterocycles. The van der Waals surface area contributed by atoms with Gasteiger partial charge in [0.05, 0.1) is 12.5 Å². The van der Waals surface area contributed by atoms with E-state index in [1.807, 2.05) is 35.0 Å². The molecule has 1 heterocycles. The number of carbonyl (C=O) groups excluding carboxylic acids is 3. The van der Waals surface area contributed by atoms with E-state index in [1.54, 1.807) is 30.3 Å². The average Bonchev–Trinajstić information content (AvgIpc) is 3.12. The first-order valence-electron chi connectivity index (χ1n) is 9.68. The molecule has 0 aliphatic rings. The molecule has 7 nitrogen and oxygen atoms in total. The molecule has 7 heteroatoms. The molecule has 1 N–H and O–H groups in total. The van der Waals surface area contributed by atoms with Gasteiger partial charge in [-0.15, -0.1) is 0 Å². The van der Waals surface area contributed by atoms with Crippen molar-refractivity contribution < 1.29 is 19.1 Å². The highest BCUT2D eigenvalue weighted by Gasteiger charge is 2.09. The summed E-state index contributed by atoms with van der Waals surface area (Å²) in [4.78, 5) is 35.5. The molecule has 0 bridgehead atoms. The van der Waals surface area contributed by atoms with Crippen molar-refractivity contribution >= 4 is 40.3 Å². The van der Waals surface area contributed by atoms with Crippen LogP contribution in [0.15, 0.2) is 60.8 Å². The molecule has 0 unspecified atom stereocenters. The summed E-state index contributed by atoms with van der Waals surface area (Å²) in [6, 6.07) is 16.4. The van der Waals surface area contributed by atoms with Gasteiger partial charge in [0.2, 0.25) is 0 Å². The van der Waals surface area contributed by atoms with E-state index in [0.29, 0.717) is 24.2 Å². The molecular formula is C24H21N3O4. The predicted octanol–water partition coefficient (Wildman–Crippen LogP) is 3.95. The van der Waals surface area contributed by atoms with Gasteiger partial charge in [0.15, 0.2) is 12.4 Å². The van der Waals surface area contributed by atoms with Gasteiger partial charge in [0.1, 0.15) is 0 Å². The fourth-order valence-electron chi connectivity index (χ4n) is 3.12. The van der Waals surface area contributed by atoms with Gasteiger partial charge < -0.3 is 14.6 Å². The van der Waals surface area contributed by atoms with E-state index in [1.165, 1.54) is 13.0 Å². The molecule has 0 radical (unpaired) electrons. The summed E-state index contributed by atoms with van der Waals surface area (Å²) in [5.74, 6) is -1.27. The maximum absolute atomic E-state index is 12.0. The topological polar surface area (TPSA) is 101 Å². The van der Waals surface area contributed by atoms with E-state index in [-0.39, 0.29) is 5.78 Å². The molecule has 156 valence electrons. The number of benzene rings is 2. The summed E-state index contributed by atoms with van der Waals surface area (Å²) in [6.45, 7) is 1.55. The lowest BCUT2D eigenvalue weighted by Gasteiger charge is -2.06. The molecule has 0 spiro atoms. The number of carbonyl (C=O) groups is 3. The Balaban J connectivity index is 1.60. The van der Waals surface area contributed by atoms with Crippen LogP contribution < -0.4 is 5.32 Å². The number of hydrogen-bond acceptors (Lipinski definition) is 5. The summed E-state index contributed by atoms with van der Waals surface area (Å²) in [5, 5.41) is 12.4. The van der Waals surface area contributed by atoms with Gasteiger partial charge in [-0.3, -0.25) is 9.59 Å². The highest BCUT2D eigenvalue weighted by molar-refractivity contribution is 5.98. The third-order valence-electron chi connectivity index (χ3n) is 4.58. The molecule has 0 saturated carbocycles. The van der Waals surface area contributed by atoms with Crippen LogP contribution in [0.25, 0.3) is 17.0 Å². The quantitative estimate of drug-likeness (QED) is 0.341. The zero-order valence-corrected chi connectivity index (χ0v) is 17.0. The Morgan fingerprint density at radius 2 is 1.97 bits per heavy atom. The molecule has 3 rings (SSSR count). The summed E-state index contributed by atoms with van der Waals surface area (Å²) < 4.78 is 6.97. The Bertz CT molecular complexity index is 1200. The molecule has 1 amide bonds. The van der Waals surface area contributed by atoms with E-state index in [9.17, 15) is 14.4 Å². The zero-order valence-electron chi connectivity index (χ0n) is 17.0. The van der Waals surface area contributed by atoms with Gasteiger partial charge in [-0.25, -0.2) is 4.79 Å². The first-order chi connectivity index (χ1) is 15.0. The average molecular weight is 415 g/mol. The van der Waals surface area contributed by atoms with E-state index < -0.39 is 18.5 Å². The second-order valence-electron chi connectivity index (χ2n) is 6.83. The number of para-hydroxylation sites is 1. The van der Waals surface area contributed by atoms with Crippen LogP contribution in [0.1, 0.15) is 29.3 Å². The number of nitrogens with one attached hydrogen (secondary N) is 1. The third-order valence-corrected chi connectivity index (χ3v) is 4.58. The van der Waals surface area contributed by atoms with Crippen molar-refractivity contribution in [1.29, 1.82) is 5.26 Å². The number of fused-ring (bicyclic) bond motifs is 1. The minimum absolute atomic E-state index is 0.110. The number of amides is 1. The number of ether oxygens (including phenoxy) is 1. The zero-order chi connectivity index (χ0) is 22.2. The summed E-state index contributed by atoms with van der Waals surface area (Å²) in [5.41, 5.74) is 2.72. The lowest BCUT2D eigenvalue weighted by Crippen LogP contribution is -2.20. The van der Waals surface area contributed by atoms with E-state index in [0.717, 1.165) is 16.5 Å². The van der Waals surface area contributed by atoms with Crippen LogP contribution in [0.2, 0.25) is 0 Å². The Morgan fingerprint density at radius 1 is 1.16 bits per heavy atom. The molecule has 0 saturated heterocycles. The normalized spacial score (nSPS) is 10.7. The number of ketones is 1. The first kappa shape index (κ1) is 21.5. The van der Waals surface area contributed by atoms with Crippen molar-refractivity contribution in [1.82, 2.24) is 4.57 Å². The van der Waals surface area contributed by atoms with E-state index >= 15 is 0 Å². The van der Waals surface area contributed by atoms with Gasteiger partial charge in [-0.2, -0.15) is 5.26 Å². The van der Waals surface area contributed by atoms with Crippen LogP contribution in [-0.4, -0.2) is 28.8 Å². The Kier molecular flexibility index (Phi) is 6.97. The number of Topliss-reactive ketones (excluding diaryl/α,β-unsaturated/α-hetero) is 1. The van der Waals surface area contributed by atoms with Crippen molar-refractivity contribution in [2.75, 3.05) is 11.9 Å². The van der Waals surface area contributed by atoms with Crippen molar-refractivity contribution in [3.05, 3.63) is 71.9 Å². The number of anilines is 1. The summed E-state index contributed by atoms with van der Waals surface area (Å²) in [7, 11) is 0. The van der Waals surface area contributed by atoms with Crippen LogP contribution in [0.3, 0.4) is 0 Å². The van der Waals surface area contributed by atoms with Gasteiger partial charge in [0.25, 0.3) is 5.91 Å². The summed E-state index contributed by atoms with van der Waals surface area (Å²) in [6.07, 6.45) is 5.15. The molecule has 2 aromatic carbocycles. The number of nitrogens with zero attached hydrogens (tertiary/aromatic N) is 2. The van der Waals surface area contributed by atoms with E-state index in [4.69, 9.17) is 10.00 Å². The maximum Gasteiger partial charge on any atom is 0.331 e. The number of aromatic nitrogens is 1. The maximum atomic E-state index is 12.0. The lowest BCUT2D eigenvalue weighted by molar-refractivity contribution is -0.142. The predicted molar refractivity (Wildman–Crippen MR) is 117 cm³/mol. The minimum atomic E-state index is -0.651. The standard InChI is InChI=1S/C24H21N3O4/c1-17(28)18-6-4-7-20(14-18)26-23(29)16-31-24(30)11-10-19-15-27(13-5-12-25)22-9-3-2-8-21(19)22/h2-4,6-11,14-15H,5,13,16H2,1H3,(H,26,29)/b11-10+. The van der Waals surface area contributed by atoms with Crippen molar-refractivity contribution in [2.45, 2.75) is 19.9 Å². The number of esters is 1. The smallest absolute Gasteiger partial charge is 0.331 e. The van der Waals surface area contributed by atoms with Gasteiger partial charge in [0, 0.05) is 46.5 Å². The molecular weight excluding hydrogens is 394 g/mol. The minimum Gasteiger partial charge on any atom is -0.452 e. The molecule has 0 aliphatic carbocycles. The molecule has 0 atom stereocenters. The first-order valence-corrected chi connectivity index (χ1v) is 9.68. The Hall–Kier alpha value is -4.18. The second kappa shape index (κ2) is 10.0. The Morgan fingerprint density at radius 3 is 2.74 bits per heavy atom. The highest BCUT2D eigenvalue weighted by atomic mass is 16.5. The van der Waals surface area contributed by atoms with Crippen LogP contribution in [0.4, 0.5) is 5.69 Å². The lowest BCUT2D eigenvalue weighted by atomic mass is 10.1. The molecule has 31 heavy (non-hydrogen) atoms. The number of rotatable bonds is 8. The summed E-state index contributed by atoms with van der Waals surface area (Å²) >= 11 is 0. The SMILES string of the molecule is CC(=O)c1cccc(NC(=O)COC(=O)/C=C/c2cn(CCC#N)c3ccccc23)c1. The number of hydrogen-bond donors (Lipinski definition) is 1. The second-order valence-corrected chi connectivity index (χ2v) is 6.83. The largest absolute Gasteiger partial charge is 0.452 e. The van der Waals surface area contributed by atoms with Crippen LogP contribution in [-0.2, 0) is 20.9 Å². The Labute approximate surface area is 179 Å². The van der Waals surface area contributed by atoms with Crippen molar-refractivity contribution in [2.24, 2.45) is 0 Å².